The van der Waals surface area contributed by atoms with E-state index in [0.29, 0.717) is 15.5 Å². The van der Waals surface area contributed by atoms with Crippen molar-refractivity contribution in [3.8, 4) is 0 Å². The topological polar surface area (TPSA) is 60.7 Å². The Labute approximate surface area is 109 Å². The van der Waals surface area contributed by atoms with Gasteiger partial charge in [0.1, 0.15) is 0 Å². The summed E-state index contributed by atoms with van der Waals surface area (Å²) < 4.78 is 0. The van der Waals surface area contributed by atoms with Crippen molar-refractivity contribution in [2.75, 3.05) is 0 Å². The Bertz CT molecular complexity index is 173. The highest BCUT2D eigenvalue weighted by Crippen LogP contribution is 2.66. The summed E-state index contributed by atoms with van der Waals surface area (Å²) >= 11 is 0. The van der Waals surface area contributed by atoms with Crippen LogP contribution in [0.1, 0.15) is 62.3 Å². The Hall–Kier alpha value is 0.740. The van der Waals surface area contributed by atoms with Crippen molar-refractivity contribution < 1.29 is 14.7 Å². The van der Waals surface area contributed by atoms with Gasteiger partial charge in [0.15, 0.2) is 0 Å². The van der Waals surface area contributed by atoms with Crippen LogP contribution >= 0.6 is 16.5 Å². The van der Waals surface area contributed by atoms with Crippen LogP contribution in [0.2, 0.25) is 0 Å². The normalized spacial score (nSPS) is 13.8. The highest BCUT2D eigenvalue weighted by atomic mass is 31.2. The molecule has 3 nitrogen and oxygen atoms in total. The Morgan fingerprint density at radius 1 is 0.529 bits per heavy atom. The van der Waals surface area contributed by atoms with E-state index >= 15 is 0 Å². The van der Waals surface area contributed by atoms with Crippen LogP contribution < -0.4 is 0 Å². The molecule has 0 spiro atoms. The molecule has 0 heterocycles. The van der Waals surface area contributed by atoms with E-state index in [0.717, 1.165) is 0 Å². The van der Waals surface area contributed by atoms with Crippen molar-refractivity contribution in [3.63, 3.8) is 0 Å². The van der Waals surface area contributed by atoms with Gasteiger partial charge in [-0.1, -0.05) is 70.2 Å². The predicted molar refractivity (Wildman–Crippen MR) is 79.8 cm³/mol. The largest absolute Gasteiger partial charge is 0.328 e. The monoisotopic (exact) mass is 284 g/mol. The summed E-state index contributed by atoms with van der Waals surface area (Å²) in [5.41, 5.74) is 0. The predicted octanol–water partition coefficient (Wildman–Crippen LogP) is 4.05. The smallest absolute Gasteiger partial charge is 0.324 e. The Balaban J connectivity index is 0. The third-order valence-corrected chi connectivity index (χ3v) is 6.04. The molecule has 0 saturated carbocycles. The van der Waals surface area contributed by atoms with E-state index in [1.165, 1.54) is 0 Å². The second-order valence-corrected chi connectivity index (χ2v) is 12.3. The van der Waals surface area contributed by atoms with Crippen molar-refractivity contribution in [2.45, 2.75) is 77.8 Å². The van der Waals surface area contributed by atoms with E-state index in [1.807, 2.05) is 0 Å². The first-order valence-electron chi connectivity index (χ1n) is 5.77. The second kappa shape index (κ2) is 6.78. The van der Waals surface area contributed by atoms with Gasteiger partial charge >= 0.3 is 8.60 Å². The van der Waals surface area contributed by atoms with E-state index in [-0.39, 0.29) is 7.92 Å². The fourth-order valence-corrected chi connectivity index (χ4v) is 9.06. The molecule has 0 bridgehead atoms. The molecule has 106 valence electrons. The van der Waals surface area contributed by atoms with Crippen LogP contribution in [0.4, 0.5) is 0 Å². The minimum Gasteiger partial charge on any atom is -0.328 e. The highest BCUT2D eigenvalue weighted by Gasteiger charge is 2.41. The molecular weight excluding hydrogens is 254 g/mol. The molecule has 0 aromatic heterocycles. The van der Waals surface area contributed by atoms with Crippen LogP contribution in [-0.4, -0.2) is 30.1 Å². The van der Waals surface area contributed by atoms with E-state index in [4.69, 9.17) is 14.7 Å². The fourth-order valence-electron chi connectivity index (χ4n) is 3.02. The molecule has 0 aliphatic heterocycles. The van der Waals surface area contributed by atoms with Crippen LogP contribution in [0, 0.1) is 0 Å². The maximum atomic E-state index is 7.23. The average Bonchev–Trinajstić information content (AvgIpc) is 1.69. The first-order valence-corrected chi connectivity index (χ1v) is 8.31. The highest BCUT2D eigenvalue weighted by molar-refractivity contribution is 7.62. The van der Waals surface area contributed by atoms with Gasteiger partial charge in [0.2, 0.25) is 0 Å². The standard InChI is InChI=1S/C12H27P.H3O3P/c1-10(2,3)13(11(4,5)6)12(7,8)9;1-4(2)3/h1-9H3;1-3H. The number of rotatable bonds is 0. The Morgan fingerprint density at radius 3 is 0.647 bits per heavy atom. The zero-order valence-electron chi connectivity index (χ0n) is 12.7. The molecule has 0 amide bonds. The summed E-state index contributed by atoms with van der Waals surface area (Å²) in [4.78, 5) is 21.7. The fraction of sp³-hybridized carbons (Fsp3) is 1.00. The van der Waals surface area contributed by atoms with Crippen molar-refractivity contribution >= 4 is 16.5 Å². The quantitative estimate of drug-likeness (QED) is 0.588. The molecule has 0 rings (SSSR count). The van der Waals surface area contributed by atoms with Gasteiger partial charge in [-0.25, -0.2) is 0 Å². The molecule has 0 aromatic carbocycles. The van der Waals surface area contributed by atoms with Crippen molar-refractivity contribution in [1.82, 2.24) is 0 Å². The molecule has 17 heavy (non-hydrogen) atoms. The van der Waals surface area contributed by atoms with Crippen LogP contribution in [0.25, 0.3) is 0 Å². The minimum absolute atomic E-state index is 0.0162. The van der Waals surface area contributed by atoms with Crippen LogP contribution in [-0.2, 0) is 0 Å². The molecular formula is C12H30O3P2. The van der Waals surface area contributed by atoms with Gasteiger partial charge in [0, 0.05) is 0 Å². The Kier molecular flexibility index (Phi) is 8.00. The number of hydrogen-bond acceptors (Lipinski definition) is 3. The summed E-state index contributed by atoms with van der Waals surface area (Å²) in [6.07, 6.45) is 0. The van der Waals surface area contributed by atoms with Gasteiger partial charge < -0.3 is 14.7 Å². The summed E-state index contributed by atoms with van der Waals surface area (Å²) in [6.45, 7) is 21.5. The van der Waals surface area contributed by atoms with Crippen LogP contribution in [0.5, 0.6) is 0 Å². The van der Waals surface area contributed by atoms with Gasteiger partial charge in [0.05, 0.1) is 0 Å². The summed E-state index contributed by atoms with van der Waals surface area (Å²) in [6, 6.07) is 0. The summed E-state index contributed by atoms with van der Waals surface area (Å²) in [5, 5.41) is 1.35. The lowest BCUT2D eigenvalue weighted by Crippen LogP contribution is -2.34. The molecule has 0 atom stereocenters. The van der Waals surface area contributed by atoms with E-state index < -0.39 is 8.60 Å². The van der Waals surface area contributed by atoms with Crippen molar-refractivity contribution in [3.05, 3.63) is 0 Å². The van der Waals surface area contributed by atoms with Gasteiger partial charge in [-0.05, 0) is 15.5 Å². The first kappa shape index (κ1) is 20.1. The lowest BCUT2D eigenvalue weighted by Gasteiger charge is -2.49. The summed E-state index contributed by atoms with van der Waals surface area (Å²) in [7, 11) is -2.60. The third-order valence-electron chi connectivity index (χ3n) is 2.01. The maximum Gasteiger partial charge on any atom is 0.324 e. The van der Waals surface area contributed by atoms with Gasteiger partial charge in [0.25, 0.3) is 0 Å². The van der Waals surface area contributed by atoms with Crippen LogP contribution in [0.15, 0.2) is 0 Å². The molecule has 0 saturated heterocycles. The minimum atomic E-state index is -2.62. The lowest BCUT2D eigenvalue weighted by molar-refractivity contribution is 0.368. The molecule has 0 unspecified atom stereocenters. The van der Waals surface area contributed by atoms with Gasteiger partial charge in [-0.2, -0.15) is 0 Å². The summed E-state index contributed by atoms with van der Waals surface area (Å²) in [5.74, 6) is 0. The van der Waals surface area contributed by atoms with Crippen molar-refractivity contribution in [2.24, 2.45) is 0 Å². The Morgan fingerprint density at radius 2 is 0.647 bits per heavy atom. The van der Waals surface area contributed by atoms with Gasteiger partial charge in [-0.15, -0.1) is 0 Å². The molecule has 0 aliphatic carbocycles. The molecule has 5 heteroatoms. The van der Waals surface area contributed by atoms with E-state index in [2.05, 4.69) is 62.3 Å². The lowest BCUT2D eigenvalue weighted by atomic mass is 10.2. The SMILES string of the molecule is CC(C)(C)P(C(C)(C)C)C(C)(C)C.OP(O)O. The van der Waals surface area contributed by atoms with E-state index in [1.54, 1.807) is 0 Å². The van der Waals surface area contributed by atoms with Gasteiger partial charge in [-0.3, -0.25) is 0 Å². The first-order chi connectivity index (χ1) is 7.10. The maximum absolute atomic E-state index is 7.23. The van der Waals surface area contributed by atoms with Crippen molar-refractivity contribution in [1.29, 1.82) is 0 Å². The molecule has 0 aromatic rings. The average molecular weight is 284 g/mol. The molecule has 0 aliphatic rings. The van der Waals surface area contributed by atoms with Crippen LogP contribution in [0.3, 0.4) is 0 Å². The molecule has 0 fully saturated rings. The third kappa shape index (κ3) is 10.4. The second-order valence-electron chi connectivity index (χ2n) is 7.12. The molecule has 3 N–H and O–H groups in total. The molecule has 0 radical (unpaired) electrons. The zero-order chi connectivity index (χ0) is 14.7. The zero-order valence-corrected chi connectivity index (χ0v) is 14.5. The number of hydrogen-bond donors (Lipinski definition) is 3. The van der Waals surface area contributed by atoms with E-state index in [9.17, 15) is 0 Å².